The van der Waals surface area contributed by atoms with E-state index in [2.05, 4.69) is 24.2 Å². The molecule has 0 radical (unpaired) electrons. The highest BCUT2D eigenvalue weighted by Gasteiger charge is 2.10. The van der Waals surface area contributed by atoms with E-state index < -0.39 is 0 Å². The first-order valence-electron chi connectivity index (χ1n) is 6.20. The van der Waals surface area contributed by atoms with Gasteiger partial charge in [-0.15, -0.1) is 0 Å². The molecule has 0 aliphatic rings. The van der Waals surface area contributed by atoms with Crippen LogP contribution in [0.25, 0.3) is 0 Å². The highest BCUT2D eigenvalue weighted by molar-refractivity contribution is 5.05. The summed E-state index contributed by atoms with van der Waals surface area (Å²) in [6.45, 7) is 4.81. The zero-order chi connectivity index (χ0) is 12.8. The second-order valence-corrected chi connectivity index (χ2v) is 4.61. The molecular formula is C14H20N2O2. The Bertz CT molecular complexity index is 423. The van der Waals surface area contributed by atoms with Crippen molar-refractivity contribution in [1.29, 1.82) is 0 Å². The summed E-state index contributed by atoms with van der Waals surface area (Å²) in [7, 11) is 2.12. The molecule has 1 N–H and O–H groups in total. The first kappa shape index (κ1) is 12.9. The second-order valence-electron chi connectivity index (χ2n) is 4.61. The van der Waals surface area contributed by atoms with Crippen LogP contribution in [-0.2, 0) is 13.1 Å². The fourth-order valence-electron chi connectivity index (χ4n) is 1.80. The number of hydrogen-bond donors (Lipinski definition) is 1. The van der Waals surface area contributed by atoms with Gasteiger partial charge in [0.1, 0.15) is 5.76 Å². The zero-order valence-corrected chi connectivity index (χ0v) is 10.9. The lowest BCUT2D eigenvalue weighted by Crippen LogP contribution is -2.37. The molecule has 0 spiro atoms. The smallest absolute Gasteiger partial charge is 0.117 e. The van der Waals surface area contributed by atoms with E-state index in [0.717, 1.165) is 25.4 Å². The minimum absolute atomic E-state index is 0.454. The maximum absolute atomic E-state index is 5.27. The van der Waals surface area contributed by atoms with E-state index in [4.69, 9.17) is 8.83 Å². The molecule has 4 heteroatoms. The van der Waals surface area contributed by atoms with E-state index >= 15 is 0 Å². The number of rotatable bonds is 7. The van der Waals surface area contributed by atoms with E-state index in [1.54, 1.807) is 18.8 Å². The van der Waals surface area contributed by atoms with Crippen LogP contribution in [0, 0.1) is 0 Å². The Hall–Kier alpha value is -1.52. The van der Waals surface area contributed by atoms with Gasteiger partial charge in [-0.3, -0.25) is 4.90 Å². The van der Waals surface area contributed by atoms with Gasteiger partial charge in [-0.25, -0.2) is 0 Å². The first-order chi connectivity index (χ1) is 8.75. The molecule has 2 rings (SSSR count). The van der Waals surface area contributed by atoms with Crippen LogP contribution in [0.1, 0.15) is 18.2 Å². The largest absolute Gasteiger partial charge is 0.472 e. The monoisotopic (exact) mass is 248 g/mol. The lowest BCUT2D eigenvalue weighted by molar-refractivity contribution is 0.240. The van der Waals surface area contributed by atoms with Gasteiger partial charge in [-0.1, -0.05) is 0 Å². The average Bonchev–Trinajstić information content (AvgIpc) is 3.01. The van der Waals surface area contributed by atoms with Crippen molar-refractivity contribution in [1.82, 2.24) is 10.2 Å². The molecule has 0 bridgehead atoms. The topological polar surface area (TPSA) is 41.6 Å². The average molecular weight is 248 g/mol. The number of likely N-dealkylation sites (N-methyl/N-ethyl adjacent to an activating group) is 1. The first-order valence-corrected chi connectivity index (χ1v) is 6.20. The molecule has 0 fully saturated rings. The Morgan fingerprint density at radius 3 is 2.89 bits per heavy atom. The summed E-state index contributed by atoms with van der Waals surface area (Å²) in [5.74, 6) is 0.972. The van der Waals surface area contributed by atoms with Gasteiger partial charge in [0, 0.05) is 24.7 Å². The molecule has 0 saturated carbocycles. The maximum atomic E-state index is 5.27. The predicted molar refractivity (Wildman–Crippen MR) is 70.1 cm³/mol. The van der Waals surface area contributed by atoms with Crippen molar-refractivity contribution in [3.8, 4) is 0 Å². The summed E-state index contributed by atoms with van der Waals surface area (Å²) in [5, 5.41) is 3.39. The van der Waals surface area contributed by atoms with E-state index in [1.165, 1.54) is 5.56 Å². The third kappa shape index (κ3) is 3.75. The van der Waals surface area contributed by atoms with Crippen LogP contribution in [0.4, 0.5) is 0 Å². The molecule has 0 aromatic carbocycles. The number of nitrogens with zero attached hydrogens (tertiary/aromatic N) is 1. The maximum Gasteiger partial charge on any atom is 0.117 e. The normalized spacial score (nSPS) is 13.1. The van der Waals surface area contributed by atoms with Crippen molar-refractivity contribution in [2.24, 2.45) is 0 Å². The Morgan fingerprint density at radius 2 is 2.22 bits per heavy atom. The minimum atomic E-state index is 0.454. The molecule has 0 aliphatic carbocycles. The predicted octanol–water partition coefficient (Wildman–Crippen LogP) is 2.48. The zero-order valence-electron chi connectivity index (χ0n) is 10.9. The van der Waals surface area contributed by atoms with Crippen molar-refractivity contribution in [2.75, 3.05) is 13.6 Å². The van der Waals surface area contributed by atoms with E-state index in [0.29, 0.717) is 6.04 Å². The molecular weight excluding hydrogens is 228 g/mol. The standard InChI is InChI=1S/C14H20N2O2/c1-12(8-15-9-14-4-3-6-18-14)16(2)10-13-5-7-17-11-13/h3-7,11-12,15H,8-10H2,1-2H3. The van der Waals surface area contributed by atoms with Gasteiger partial charge >= 0.3 is 0 Å². The Balaban J connectivity index is 1.69. The van der Waals surface area contributed by atoms with E-state index in [-0.39, 0.29) is 0 Å². The number of nitrogens with one attached hydrogen (secondary N) is 1. The van der Waals surface area contributed by atoms with E-state index in [1.807, 2.05) is 18.2 Å². The van der Waals surface area contributed by atoms with Gasteiger partial charge in [0.25, 0.3) is 0 Å². The molecule has 0 saturated heterocycles. The van der Waals surface area contributed by atoms with Crippen LogP contribution < -0.4 is 5.32 Å². The molecule has 0 amide bonds. The summed E-state index contributed by atoms with van der Waals surface area (Å²) in [5.41, 5.74) is 1.20. The molecule has 2 aromatic rings. The molecule has 2 aromatic heterocycles. The van der Waals surface area contributed by atoms with Crippen molar-refractivity contribution < 1.29 is 8.83 Å². The van der Waals surface area contributed by atoms with Crippen LogP contribution in [0.3, 0.4) is 0 Å². The van der Waals surface area contributed by atoms with E-state index in [9.17, 15) is 0 Å². The Kier molecular flexibility index (Phi) is 4.61. The molecule has 18 heavy (non-hydrogen) atoms. The van der Waals surface area contributed by atoms with Crippen molar-refractivity contribution in [3.05, 3.63) is 48.3 Å². The Labute approximate surface area is 108 Å². The lowest BCUT2D eigenvalue weighted by atomic mass is 10.2. The second kappa shape index (κ2) is 6.42. The van der Waals surface area contributed by atoms with Gasteiger partial charge in [0.2, 0.25) is 0 Å². The minimum Gasteiger partial charge on any atom is -0.472 e. The molecule has 0 aliphatic heterocycles. The quantitative estimate of drug-likeness (QED) is 0.817. The lowest BCUT2D eigenvalue weighted by Gasteiger charge is -2.24. The van der Waals surface area contributed by atoms with Gasteiger partial charge in [0.15, 0.2) is 0 Å². The van der Waals surface area contributed by atoms with Crippen LogP contribution in [0.2, 0.25) is 0 Å². The van der Waals surface area contributed by atoms with Crippen LogP contribution in [-0.4, -0.2) is 24.5 Å². The summed E-state index contributed by atoms with van der Waals surface area (Å²) < 4.78 is 10.3. The molecule has 4 nitrogen and oxygen atoms in total. The van der Waals surface area contributed by atoms with Gasteiger partial charge < -0.3 is 14.2 Å². The summed E-state index contributed by atoms with van der Waals surface area (Å²) in [6.07, 6.45) is 5.20. The Morgan fingerprint density at radius 1 is 1.33 bits per heavy atom. The van der Waals surface area contributed by atoms with Crippen molar-refractivity contribution in [3.63, 3.8) is 0 Å². The third-order valence-electron chi connectivity index (χ3n) is 3.08. The molecule has 2 heterocycles. The van der Waals surface area contributed by atoms with Crippen molar-refractivity contribution in [2.45, 2.75) is 26.1 Å². The van der Waals surface area contributed by atoms with Crippen LogP contribution in [0.5, 0.6) is 0 Å². The molecule has 1 unspecified atom stereocenters. The summed E-state index contributed by atoms with van der Waals surface area (Å²) in [6, 6.07) is 6.34. The summed E-state index contributed by atoms with van der Waals surface area (Å²) in [4.78, 5) is 2.29. The number of hydrogen-bond acceptors (Lipinski definition) is 4. The van der Waals surface area contributed by atoms with Crippen LogP contribution >= 0.6 is 0 Å². The highest BCUT2D eigenvalue weighted by atomic mass is 16.3. The molecule has 98 valence electrons. The van der Waals surface area contributed by atoms with Gasteiger partial charge in [-0.2, -0.15) is 0 Å². The highest BCUT2D eigenvalue weighted by Crippen LogP contribution is 2.06. The van der Waals surface area contributed by atoms with Crippen LogP contribution in [0.15, 0.2) is 45.8 Å². The van der Waals surface area contributed by atoms with Crippen molar-refractivity contribution >= 4 is 0 Å². The molecule has 1 atom stereocenters. The van der Waals surface area contributed by atoms with Gasteiger partial charge in [0.05, 0.1) is 25.3 Å². The number of furan rings is 2. The third-order valence-corrected chi connectivity index (χ3v) is 3.08. The SMILES string of the molecule is CC(CNCc1ccco1)N(C)Cc1ccoc1. The fourth-order valence-corrected chi connectivity index (χ4v) is 1.80. The summed E-state index contributed by atoms with van der Waals surface area (Å²) >= 11 is 0. The fraction of sp³-hybridized carbons (Fsp3) is 0.429. The van der Waals surface area contributed by atoms with Gasteiger partial charge in [-0.05, 0) is 32.2 Å².